The van der Waals surface area contributed by atoms with Crippen LogP contribution in [0.1, 0.15) is 58.5 Å². The fraction of sp³-hybridized carbons (Fsp3) is 0.258. The average Bonchev–Trinajstić information content (AvgIpc) is 2.93. The summed E-state index contributed by atoms with van der Waals surface area (Å²) in [4.78, 5) is 46.3. The number of fused-ring (bicyclic) bond motifs is 1. The number of amides is 3. The predicted octanol–water partition coefficient (Wildman–Crippen LogP) is 5.78. The molecule has 9 nitrogen and oxygen atoms in total. The van der Waals surface area contributed by atoms with E-state index in [0.717, 1.165) is 33.2 Å². The Morgan fingerprint density at radius 2 is 1.74 bits per heavy atom. The Balaban J connectivity index is 1.65. The van der Waals surface area contributed by atoms with Crippen molar-refractivity contribution in [2.24, 2.45) is 0 Å². The van der Waals surface area contributed by atoms with E-state index in [4.69, 9.17) is 0 Å². The summed E-state index contributed by atoms with van der Waals surface area (Å²) in [5.41, 5.74) is 6.35. The van der Waals surface area contributed by atoms with Gasteiger partial charge in [-0.25, -0.2) is 23.6 Å². The molecule has 3 amide bonds. The number of aryl methyl sites for hydroxylation is 3. The van der Waals surface area contributed by atoms with E-state index < -0.39 is 42.0 Å². The molecule has 0 fully saturated rings. The molecule has 11 heteroatoms. The van der Waals surface area contributed by atoms with Crippen molar-refractivity contribution < 1.29 is 28.3 Å². The van der Waals surface area contributed by atoms with Crippen LogP contribution in [0.4, 0.5) is 13.6 Å². The van der Waals surface area contributed by atoms with E-state index in [2.05, 4.69) is 20.7 Å². The van der Waals surface area contributed by atoms with Crippen LogP contribution in [0.15, 0.2) is 54.9 Å². The molecule has 0 aliphatic carbocycles. The Kier molecular flexibility index (Phi) is 9.09. The molecule has 2 aromatic carbocycles. The number of carboxylic acids is 1. The number of rotatable bonds is 8. The summed E-state index contributed by atoms with van der Waals surface area (Å²) < 4.78 is 30.1. The van der Waals surface area contributed by atoms with Gasteiger partial charge in [-0.3, -0.25) is 20.0 Å². The third kappa shape index (κ3) is 6.68. The molecule has 0 saturated carbocycles. The lowest BCUT2D eigenvalue weighted by Gasteiger charge is -2.27. The van der Waals surface area contributed by atoms with Gasteiger partial charge in [-0.15, -0.1) is 0 Å². The van der Waals surface area contributed by atoms with Crippen LogP contribution in [0.5, 0.6) is 0 Å². The minimum atomic E-state index is -1.45. The van der Waals surface area contributed by atoms with Crippen LogP contribution in [-0.2, 0) is 4.79 Å². The van der Waals surface area contributed by atoms with Gasteiger partial charge in [0, 0.05) is 23.7 Å². The number of nitrogens with one attached hydrogen (secondary N) is 2. The second kappa shape index (κ2) is 12.7. The Labute approximate surface area is 241 Å². The molecular weight excluding hydrogens is 544 g/mol. The maximum absolute atomic E-state index is 15.2. The van der Waals surface area contributed by atoms with Gasteiger partial charge in [0.25, 0.3) is 5.91 Å². The molecule has 0 spiro atoms. The maximum atomic E-state index is 15.2. The van der Waals surface area contributed by atoms with Gasteiger partial charge in [-0.1, -0.05) is 30.7 Å². The number of benzene rings is 2. The van der Waals surface area contributed by atoms with Gasteiger partial charge >= 0.3 is 12.0 Å². The highest BCUT2D eigenvalue weighted by atomic mass is 19.2. The molecule has 1 atom stereocenters. The first kappa shape index (κ1) is 30.0. The maximum Gasteiger partial charge on any atom is 0.336 e. The molecule has 3 N–H and O–H groups in total. The summed E-state index contributed by atoms with van der Waals surface area (Å²) in [5.74, 6) is -4.48. The third-order valence-corrected chi connectivity index (χ3v) is 6.73. The molecule has 4 aromatic rings. The van der Waals surface area contributed by atoms with Crippen molar-refractivity contribution in [1.82, 2.24) is 25.7 Å². The topological polar surface area (TPSA) is 125 Å². The molecule has 0 saturated heterocycles. The van der Waals surface area contributed by atoms with E-state index in [1.807, 2.05) is 32.9 Å². The van der Waals surface area contributed by atoms with Crippen molar-refractivity contribution in [3.05, 3.63) is 94.4 Å². The van der Waals surface area contributed by atoms with Gasteiger partial charge in [-0.05, 0) is 73.7 Å². The number of hydrazine groups is 1. The first-order valence-electron chi connectivity index (χ1n) is 13.4. The zero-order valence-corrected chi connectivity index (χ0v) is 23.7. The van der Waals surface area contributed by atoms with Crippen molar-refractivity contribution in [2.75, 3.05) is 6.54 Å². The van der Waals surface area contributed by atoms with Crippen LogP contribution >= 0.6 is 0 Å². The first-order chi connectivity index (χ1) is 20.0. The summed E-state index contributed by atoms with van der Waals surface area (Å²) in [6.45, 7) is 7.43. The van der Waals surface area contributed by atoms with Crippen molar-refractivity contribution in [1.29, 1.82) is 0 Å². The van der Waals surface area contributed by atoms with Gasteiger partial charge in [0.05, 0.1) is 24.2 Å². The lowest BCUT2D eigenvalue weighted by molar-refractivity contribution is -0.137. The van der Waals surface area contributed by atoms with Crippen LogP contribution in [0.2, 0.25) is 0 Å². The Morgan fingerprint density at radius 1 is 1.02 bits per heavy atom. The molecule has 4 rings (SSSR count). The summed E-state index contributed by atoms with van der Waals surface area (Å²) in [7, 11) is 0. The van der Waals surface area contributed by atoms with Crippen LogP contribution in [0.25, 0.3) is 22.0 Å². The molecule has 42 heavy (non-hydrogen) atoms. The number of hydrogen-bond donors (Lipinski definition) is 3. The van der Waals surface area contributed by atoms with E-state index in [-0.39, 0.29) is 17.8 Å². The van der Waals surface area contributed by atoms with E-state index in [0.29, 0.717) is 23.1 Å². The standard InChI is InChI=1S/C31H31F2N5O4/c1-5-10-38(37-30(41)24-7-6-20-8-9-34-16-26(20)35-24)31(42)36-25(15-27(39)40)22-13-21(14-23(32)29(22)33)28-18(3)11-17(2)12-19(28)4/h6-9,11-14,16,25H,5,10,15H2,1-4H3,(H,36,42)(H,37,41)(H,39,40)/t25-/m0/s1. The number of halogens is 2. The zero-order valence-electron chi connectivity index (χ0n) is 23.7. The first-order valence-corrected chi connectivity index (χ1v) is 13.4. The van der Waals surface area contributed by atoms with Crippen molar-refractivity contribution in [3.8, 4) is 11.1 Å². The van der Waals surface area contributed by atoms with Gasteiger partial charge in [0.1, 0.15) is 5.69 Å². The molecule has 2 aromatic heterocycles. The normalized spacial score (nSPS) is 11.7. The fourth-order valence-corrected chi connectivity index (χ4v) is 4.99. The van der Waals surface area contributed by atoms with E-state index in [1.54, 1.807) is 25.3 Å². The number of aromatic nitrogens is 2. The second-order valence-electron chi connectivity index (χ2n) is 10.1. The summed E-state index contributed by atoms with van der Waals surface area (Å²) in [6.07, 6.45) is 2.79. The minimum absolute atomic E-state index is 0.0242. The highest BCUT2D eigenvalue weighted by molar-refractivity contribution is 5.95. The quantitative estimate of drug-likeness (QED) is 0.229. The van der Waals surface area contributed by atoms with Crippen LogP contribution in [0.3, 0.4) is 0 Å². The third-order valence-electron chi connectivity index (χ3n) is 6.73. The second-order valence-corrected chi connectivity index (χ2v) is 10.1. The molecule has 218 valence electrons. The number of carbonyl (C=O) groups is 3. The summed E-state index contributed by atoms with van der Waals surface area (Å²) in [6, 6.07) is 8.80. The van der Waals surface area contributed by atoms with Crippen molar-refractivity contribution in [3.63, 3.8) is 0 Å². The number of carboxylic acid groups (broad SMARTS) is 1. The zero-order chi connectivity index (χ0) is 30.6. The molecule has 2 heterocycles. The van der Waals surface area contributed by atoms with Crippen molar-refractivity contribution in [2.45, 2.75) is 46.6 Å². The number of nitrogens with zero attached hydrogens (tertiary/aromatic N) is 3. The molecule has 0 radical (unpaired) electrons. The van der Waals surface area contributed by atoms with Crippen LogP contribution < -0.4 is 10.7 Å². The lowest BCUT2D eigenvalue weighted by atomic mass is 9.91. The number of pyridine rings is 2. The Hall–Kier alpha value is -4.93. The molecule has 0 unspecified atom stereocenters. The number of aliphatic carboxylic acids is 1. The smallest absolute Gasteiger partial charge is 0.336 e. The van der Waals surface area contributed by atoms with Gasteiger partial charge in [0.15, 0.2) is 11.6 Å². The molecule has 0 aliphatic rings. The van der Waals surface area contributed by atoms with E-state index in [9.17, 15) is 23.9 Å². The predicted molar refractivity (Wildman–Crippen MR) is 154 cm³/mol. The highest BCUT2D eigenvalue weighted by Crippen LogP contribution is 2.33. The van der Waals surface area contributed by atoms with Crippen LogP contribution in [0, 0.1) is 32.4 Å². The van der Waals surface area contributed by atoms with E-state index in [1.165, 1.54) is 18.3 Å². The Bertz CT molecular complexity index is 1650. The van der Waals surface area contributed by atoms with Gasteiger partial charge in [-0.2, -0.15) is 0 Å². The highest BCUT2D eigenvalue weighted by Gasteiger charge is 2.27. The van der Waals surface area contributed by atoms with E-state index >= 15 is 4.39 Å². The Morgan fingerprint density at radius 3 is 2.40 bits per heavy atom. The molecule has 0 bridgehead atoms. The van der Waals surface area contributed by atoms with Gasteiger partial charge in [0.2, 0.25) is 0 Å². The van der Waals surface area contributed by atoms with Crippen LogP contribution in [-0.4, -0.2) is 44.5 Å². The minimum Gasteiger partial charge on any atom is -0.481 e. The SMILES string of the molecule is CCCN(NC(=O)c1ccc2ccncc2n1)C(=O)N[C@@H](CC(=O)O)c1cc(-c2c(C)cc(C)cc2C)cc(F)c1F. The lowest BCUT2D eigenvalue weighted by Crippen LogP contribution is -2.52. The number of urea groups is 1. The molecule has 0 aliphatic heterocycles. The van der Waals surface area contributed by atoms with Crippen molar-refractivity contribution >= 4 is 28.8 Å². The number of carbonyl (C=O) groups excluding carboxylic acids is 2. The summed E-state index contributed by atoms with van der Waals surface area (Å²) in [5, 5.41) is 13.8. The largest absolute Gasteiger partial charge is 0.481 e. The average molecular weight is 576 g/mol. The monoisotopic (exact) mass is 575 g/mol. The summed E-state index contributed by atoms with van der Waals surface area (Å²) >= 11 is 0. The fourth-order valence-electron chi connectivity index (χ4n) is 4.99. The molecular formula is C31H31F2N5O4. The number of hydrogen-bond acceptors (Lipinski definition) is 5. The van der Waals surface area contributed by atoms with Gasteiger partial charge < -0.3 is 10.4 Å².